The zero-order chi connectivity index (χ0) is 16.0. The first-order valence-corrected chi connectivity index (χ1v) is 7.14. The van der Waals surface area contributed by atoms with E-state index in [4.69, 9.17) is 0 Å². The number of hydrogen-bond donors (Lipinski definition) is 2. The molecule has 2 amide bonds. The van der Waals surface area contributed by atoms with Crippen molar-refractivity contribution in [2.24, 2.45) is 5.92 Å². The van der Waals surface area contributed by atoms with Gasteiger partial charge in [0.1, 0.15) is 6.17 Å². The molecule has 1 unspecified atom stereocenters. The Morgan fingerprint density at radius 3 is 2.59 bits per heavy atom. The molecule has 0 spiro atoms. The maximum Gasteiger partial charge on any atom is 0.416 e. The van der Waals surface area contributed by atoms with Gasteiger partial charge in [-0.05, 0) is 36.5 Å². The number of halogens is 4. The Morgan fingerprint density at radius 1 is 1.27 bits per heavy atom. The van der Waals surface area contributed by atoms with Gasteiger partial charge in [-0.25, -0.2) is 9.18 Å². The molecule has 7 heteroatoms. The highest BCUT2D eigenvalue weighted by molar-refractivity contribution is 5.75. The summed E-state index contributed by atoms with van der Waals surface area (Å²) in [5.74, 6) is 0.0452. The predicted molar refractivity (Wildman–Crippen MR) is 71.8 cm³/mol. The molecule has 2 bridgehead atoms. The predicted octanol–water partition coefficient (Wildman–Crippen LogP) is 3.40. The van der Waals surface area contributed by atoms with Crippen LogP contribution >= 0.6 is 0 Å². The molecule has 1 aromatic rings. The summed E-state index contributed by atoms with van der Waals surface area (Å²) in [5, 5.41) is 5.28. The summed E-state index contributed by atoms with van der Waals surface area (Å²) in [6.45, 7) is -0.00564. The molecule has 22 heavy (non-hydrogen) atoms. The van der Waals surface area contributed by atoms with Crippen LogP contribution in [0.2, 0.25) is 0 Å². The number of carbonyl (C=O) groups excluding carboxylic acids is 1. The molecule has 0 radical (unpaired) electrons. The van der Waals surface area contributed by atoms with Gasteiger partial charge in [0.05, 0.1) is 5.56 Å². The van der Waals surface area contributed by atoms with Crippen LogP contribution in [0.15, 0.2) is 24.3 Å². The highest BCUT2D eigenvalue weighted by Gasteiger charge is 2.57. The first-order valence-electron chi connectivity index (χ1n) is 7.14. The Balaban J connectivity index is 1.53. The molecule has 3 aliphatic carbocycles. The fraction of sp³-hybridized carbons (Fsp3) is 0.533. The number of fused-ring (bicyclic) bond motifs is 1. The van der Waals surface area contributed by atoms with Gasteiger partial charge in [-0.15, -0.1) is 0 Å². The van der Waals surface area contributed by atoms with Crippen LogP contribution in [0.5, 0.6) is 0 Å². The van der Waals surface area contributed by atoms with E-state index in [0.29, 0.717) is 24.8 Å². The monoisotopic (exact) mass is 316 g/mol. The van der Waals surface area contributed by atoms with E-state index in [1.165, 1.54) is 12.1 Å². The summed E-state index contributed by atoms with van der Waals surface area (Å²) in [6.07, 6.45) is -3.65. The summed E-state index contributed by atoms with van der Waals surface area (Å²) in [4.78, 5) is 11.8. The molecule has 3 aliphatic rings. The third kappa shape index (κ3) is 2.89. The van der Waals surface area contributed by atoms with Crippen molar-refractivity contribution in [2.45, 2.75) is 43.7 Å². The number of rotatable bonds is 3. The maximum absolute atomic E-state index is 13.4. The minimum atomic E-state index is -4.40. The SMILES string of the molecule is O=C(NCc1cccc(C(F)(F)F)c1)NC12CC(F)C(C1)C2. The van der Waals surface area contributed by atoms with Crippen molar-refractivity contribution in [3.63, 3.8) is 0 Å². The lowest BCUT2D eigenvalue weighted by molar-refractivity contribution is -0.137. The Bertz CT molecular complexity index is 581. The molecule has 3 nitrogen and oxygen atoms in total. The summed E-state index contributed by atoms with van der Waals surface area (Å²) in [7, 11) is 0. The van der Waals surface area contributed by atoms with E-state index < -0.39 is 29.5 Å². The van der Waals surface area contributed by atoms with Gasteiger partial charge < -0.3 is 10.6 Å². The standard InChI is InChI=1S/C15H16F4N2O/c16-12-7-14(5-10(12)6-14)21-13(22)20-8-9-2-1-3-11(4-9)15(17,18)19/h1-4,10,12H,5-8H2,(H2,20,21,22). The zero-order valence-electron chi connectivity index (χ0n) is 11.7. The molecule has 3 saturated carbocycles. The molecule has 0 aromatic heterocycles. The molecule has 4 rings (SSSR count). The number of urea groups is 1. The lowest BCUT2D eigenvalue weighted by Crippen LogP contribution is -2.54. The molecule has 1 atom stereocenters. The van der Waals surface area contributed by atoms with Gasteiger partial charge >= 0.3 is 12.2 Å². The van der Waals surface area contributed by atoms with Crippen LogP contribution in [0.1, 0.15) is 30.4 Å². The molecule has 0 heterocycles. The third-order valence-electron chi connectivity index (χ3n) is 4.49. The number of alkyl halides is 4. The van der Waals surface area contributed by atoms with Crippen LogP contribution < -0.4 is 10.6 Å². The smallest absolute Gasteiger partial charge is 0.334 e. The Hall–Kier alpha value is -1.79. The second-order valence-corrected chi connectivity index (χ2v) is 6.17. The average molecular weight is 316 g/mol. The highest BCUT2D eigenvalue weighted by Crippen LogP contribution is 2.53. The van der Waals surface area contributed by atoms with Gasteiger partial charge in [0.25, 0.3) is 0 Å². The van der Waals surface area contributed by atoms with Gasteiger partial charge in [-0.1, -0.05) is 12.1 Å². The Morgan fingerprint density at radius 2 is 2.00 bits per heavy atom. The van der Waals surface area contributed by atoms with Gasteiger partial charge in [-0.2, -0.15) is 13.2 Å². The number of benzene rings is 1. The first-order chi connectivity index (χ1) is 10.3. The topological polar surface area (TPSA) is 41.1 Å². The van der Waals surface area contributed by atoms with E-state index in [2.05, 4.69) is 10.6 Å². The Kier molecular flexibility index (Phi) is 3.53. The van der Waals surface area contributed by atoms with Gasteiger partial charge in [0, 0.05) is 18.5 Å². The van der Waals surface area contributed by atoms with Crippen molar-refractivity contribution in [2.75, 3.05) is 0 Å². The number of nitrogens with one attached hydrogen (secondary N) is 2. The fourth-order valence-corrected chi connectivity index (χ4v) is 3.38. The van der Waals surface area contributed by atoms with Crippen molar-refractivity contribution in [1.29, 1.82) is 0 Å². The molecular formula is C15H16F4N2O. The summed E-state index contributed by atoms with van der Waals surface area (Å²) >= 11 is 0. The summed E-state index contributed by atoms with van der Waals surface area (Å²) < 4.78 is 51.2. The molecule has 0 aliphatic heterocycles. The largest absolute Gasteiger partial charge is 0.416 e. The van der Waals surface area contributed by atoms with Crippen LogP contribution in [0.4, 0.5) is 22.4 Å². The van der Waals surface area contributed by atoms with E-state index in [1.807, 2.05) is 0 Å². The maximum atomic E-state index is 13.4. The van der Waals surface area contributed by atoms with Crippen molar-refractivity contribution in [3.05, 3.63) is 35.4 Å². The summed E-state index contributed by atoms with van der Waals surface area (Å²) in [5.41, 5.74) is -0.838. The zero-order valence-corrected chi connectivity index (χ0v) is 11.7. The van der Waals surface area contributed by atoms with Crippen molar-refractivity contribution >= 4 is 6.03 Å². The van der Waals surface area contributed by atoms with Gasteiger partial charge in [-0.3, -0.25) is 0 Å². The molecule has 2 N–H and O–H groups in total. The lowest BCUT2D eigenvalue weighted by Gasteiger charge is -2.38. The average Bonchev–Trinajstić information content (AvgIpc) is 2.87. The minimum absolute atomic E-state index is 0.00564. The summed E-state index contributed by atoms with van der Waals surface area (Å²) in [6, 6.07) is 4.34. The van der Waals surface area contributed by atoms with Crippen LogP contribution in [0, 0.1) is 5.92 Å². The van der Waals surface area contributed by atoms with Crippen LogP contribution in [0.3, 0.4) is 0 Å². The molecule has 0 saturated heterocycles. The first kappa shape index (κ1) is 15.1. The fourth-order valence-electron chi connectivity index (χ4n) is 3.38. The van der Waals surface area contributed by atoms with Crippen molar-refractivity contribution in [3.8, 4) is 0 Å². The number of amides is 2. The quantitative estimate of drug-likeness (QED) is 0.825. The van der Waals surface area contributed by atoms with E-state index in [9.17, 15) is 22.4 Å². The van der Waals surface area contributed by atoms with E-state index in [0.717, 1.165) is 12.1 Å². The van der Waals surface area contributed by atoms with Crippen molar-refractivity contribution in [1.82, 2.24) is 10.6 Å². The van der Waals surface area contributed by atoms with E-state index >= 15 is 0 Å². The third-order valence-corrected chi connectivity index (χ3v) is 4.49. The van der Waals surface area contributed by atoms with E-state index in [1.54, 1.807) is 0 Å². The van der Waals surface area contributed by atoms with Gasteiger partial charge in [0.2, 0.25) is 0 Å². The molecular weight excluding hydrogens is 300 g/mol. The molecule has 1 aromatic carbocycles. The number of hydrogen-bond acceptors (Lipinski definition) is 1. The van der Waals surface area contributed by atoms with Crippen LogP contribution in [-0.2, 0) is 12.7 Å². The normalized spacial score (nSPS) is 29.8. The molecule has 120 valence electrons. The second kappa shape index (κ2) is 5.14. The van der Waals surface area contributed by atoms with Crippen molar-refractivity contribution < 1.29 is 22.4 Å². The van der Waals surface area contributed by atoms with Crippen LogP contribution in [0.25, 0.3) is 0 Å². The van der Waals surface area contributed by atoms with E-state index in [-0.39, 0.29) is 12.5 Å². The second-order valence-electron chi connectivity index (χ2n) is 6.17. The Labute approximate surface area is 125 Å². The van der Waals surface area contributed by atoms with Gasteiger partial charge in [0.15, 0.2) is 0 Å². The van der Waals surface area contributed by atoms with Crippen LogP contribution in [-0.4, -0.2) is 17.7 Å². The lowest BCUT2D eigenvalue weighted by atomic mass is 9.77. The minimum Gasteiger partial charge on any atom is -0.334 e. The number of carbonyl (C=O) groups is 1. The highest BCUT2D eigenvalue weighted by atomic mass is 19.4. The molecule has 3 fully saturated rings.